The third-order valence-corrected chi connectivity index (χ3v) is 7.47. The number of benzene rings is 2. The molecule has 0 radical (unpaired) electrons. The van der Waals surface area contributed by atoms with Gasteiger partial charge in [0.2, 0.25) is 5.76 Å². The summed E-state index contributed by atoms with van der Waals surface area (Å²) in [4.78, 5) is 46.1. The lowest BCUT2D eigenvalue weighted by Gasteiger charge is -2.22. The first kappa shape index (κ1) is 23.3. The fourth-order valence-corrected chi connectivity index (χ4v) is 5.47. The number of hydrogen-bond acceptors (Lipinski definition) is 7. The third-order valence-electron chi connectivity index (χ3n) is 6.10. The Bertz CT molecular complexity index is 1590. The molecule has 3 heterocycles. The average molecular weight is 509 g/mol. The van der Waals surface area contributed by atoms with Crippen LogP contribution in [0.2, 0.25) is 5.02 Å². The number of anilines is 1. The van der Waals surface area contributed by atoms with Crippen molar-refractivity contribution in [3.05, 3.63) is 90.2 Å². The van der Waals surface area contributed by atoms with Crippen LogP contribution in [0.4, 0.5) is 5.13 Å². The van der Waals surface area contributed by atoms with Gasteiger partial charge in [-0.25, -0.2) is 9.78 Å². The maximum Gasteiger partial charge on any atom is 0.350 e. The van der Waals surface area contributed by atoms with Gasteiger partial charge in [-0.05, 0) is 68.7 Å². The monoisotopic (exact) mass is 508 g/mol. The Labute approximate surface area is 209 Å². The number of fused-ring (bicyclic) bond motifs is 2. The predicted octanol–water partition coefficient (Wildman–Crippen LogP) is 5.75. The minimum absolute atomic E-state index is 0.0405. The highest BCUT2D eigenvalue weighted by Crippen LogP contribution is 2.43. The molecule has 2 aromatic heterocycles. The largest absolute Gasteiger partial charge is 0.462 e. The molecule has 0 spiro atoms. The quantitative estimate of drug-likeness (QED) is 0.326. The van der Waals surface area contributed by atoms with Gasteiger partial charge in [-0.2, -0.15) is 0 Å². The van der Waals surface area contributed by atoms with Crippen molar-refractivity contribution in [1.29, 1.82) is 0 Å². The highest BCUT2D eigenvalue weighted by Gasteiger charge is 2.45. The van der Waals surface area contributed by atoms with E-state index < -0.39 is 17.9 Å². The van der Waals surface area contributed by atoms with E-state index in [1.807, 2.05) is 13.8 Å². The zero-order chi connectivity index (χ0) is 25.0. The molecule has 1 unspecified atom stereocenters. The van der Waals surface area contributed by atoms with Crippen molar-refractivity contribution in [2.75, 3.05) is 11.5 Å². The van der Waals surface area contributed by atoms with Crippen LogP contribution in [0.15, 0.2) is 45.6 Å². The fraction of sp³-hybridized carbons (Fsp3) is 0.231. The van der Waals surface area contributed by atoms with Crippen LogP contribution in [0.25, 0.3) is 11.0 Å². The molecule has 5 rings (SSSR count). The minimum atomic E-state index is -0.820. The van der Waals surface area contributed by atoms with E-state index in [2.05, 4.69) is 4.98 Å². The van der Waals surface area contributed by atoms with E-state index >= 15 is 0 Å². The molecule has 1 amide bonds. The normalized spacial score (nSPS) is 15.1. The number of nitrogens with zero attached hydrogens (tertiary/aromatic N) is 2. The standard InChI is InChI=1S/C26H21ClN2O5S/c1-5-33-25(32)23-14(4)28-26(35-23)29-20(15-7-6-8-16(27)11-15)19-21(30)17-9-12(2)13(3)10-18(17)34-22(19)24(29)31/h6-11,20H,5H2,1-4H3. The summed E-state index contributed by atoms with van der Waals surface area (Å²) in [6.07, 6.45) is 0. The Morgan fingerprint density at radius 2 is 1.91 bits per heavy atom. The van der Waals surface area contributed by atoms with Crippen molar-refractivity contribution >= 4 is 50.9 Å². The van der Waals surface area contributed by atoms with Crippen molar-refractivity contribution in [3.8, 4) is 0 Å². The van der Waals surface area contributed by atoms with E-state index in [1.54, 1.807) is 50.2 Å². The van der Waals surface area contributed by atoms with Gasteiger partial charge in [0.05, 0.1) is 29.3 Å². The molecule has 0 saturated carbocycles. The number of halogens is 1. The summed E-state index contributed by atoms with van der Waals surface area (Å²) in [5.74, 6) is -1.06. The summed E-state index contributed by atoms with van der Waals surface area (Å²) in [5, 5.41) is 1.13. The molecule has 0 bridgehead atoms. The Kier molecular flexibility index (Phi) is 5.73. The van der Waals surface area contributed by atoms with E-state index in [9.17, 15) is 14.4 Å². The second-order valence-corrected chi connectivity index (χ2v) is 9.78. The second-order valence-electron chi connectivity index (χ2n) is 8.37. The van der Waals surface area contributed by atoms with E-state index in [0.717, 1.165) is 22.5 Å². The van der Waals surface area contributed by atoms with Crippen LogP contribution in [-0.4, -0.2) is 23.5 Å². The number of esters is 1. The molecule has 7 nitrogen and oxygen atoms in total. The van der Waals surface area contributed by atoms with Gasteiger partial charge in [0.15, 0.2) is 10.6 Å². The van der Waals surface area contributed by atoms with E-state index in [1.165, 1.54) is 4.90 Å². The zero-order valence-corrected chi connectivity index (χ0v) is 21.0. The molecule has 1 aliphatic rings. The second kappa shape index (κ2) is 8.62. The molecule has 2 aromatic carbocycles. The highest BCUT2D eigenvalue weighted by molar-refractivity contribution is 7.17. The maximum atomic E-state index is 13.8. The van der Waals surface area contributed by atoms with Crippen LogP contribution in [0, 0.1) is 20.8 Å². The number of aromatic nitrogens is 1. The molecular formula is C26H21ClN2O5S. The molecule has 4 aromatic rings. The van der Waals surface area contributed by atoms with Gasteiger partial charge in [-0.3, -0.25) is 14.5 Å². The minimum Gasteiger partial charge on any atom is -0.462 e. The molecule has 0 fully saturated rings. The Balaban J connectivity index is 1.77. The summed E-state index contributed by atoms with van der Waals surface area (Å²) < 4.78 is 11.2. The molecular weight excluding hydrogens is 488 g/mol. The Morgan fingerprint density at radius 1 is 1.17 bits per heavy atom. The Morgan fingerprint density at radius 3 is 2.63 bits per heavy atom. The summed E-state index contributed by atoms with van der Waals surface area (Å²) in [5.41, 5.74) is 3.24. The lowest BCUT2D eigenvalue weighted by molar-refractivity contribution is 0.0531. The van der Waals surface area contributed by atoms with Crippen LogP contribution >= 0.6 is 22.9 Å². The molecule has 0 aliphatic carbocycles. The fourth-order valence-electron chi connectivity index (χ4n) is 4.29. The van der Waals surface area contributed by atoms with Gasteiger partial charge >= 0.3 is 5.97 Å². The van der Waals surface area contributed by atoms with Crippen LogP contribution in [-0.2, 0) is 4.74 Å². The van der Waals surface area contributed by atoms with Gasteiger partial charge in [0, 0.05) is 5.02 Å². The molecule has 0 N–H and O–H groups in total. The summed E-state index contributed by atoms with van der Waals surface area (Å²) in [6.45, 7) is 7.45. The first-order valence-electron chi connectivity index (χ1n) is 11.0. The number of carbonyl (C=O) groups excluding carboxylic acids is 2. The molecule has 0 saturated heterocycles. The smallest absolute Gasteiger partial charge is 0.350 e. The predicted molar refractivity (Wildman–Crippen MR) is 135 cm³/mol. The van der Waals surface area contributed by atoms with Gasteiger partial charge in [-0.15, -0.1) is 0 Å². The number of carbonyl (C=O) groups is 2. The van der Waals surface area contributed by atoms with Crippen molar-refractivity contribution in [1.82, 2.24) is 4.98 Å². The lowest BCUT2D eigenvalue weighted by Crippen LogP contribution is -2.29. The van der Waals surface area contributed by atoms with Crippen molar-refractivity contribution in [2.45, 2.75) is 33.7 Å². The molecule has 1 aliphatic heterocycles. The highest BCUT2D eigenvalue weighted by atomic mass is 35.5. The first-order chi connectivity index (χ1) is 16.7. The summed E-state index contributed by atoms with van der Waals surface area (Å²) >= 11 is 7.32. The van der Waals surface area contributed by atoms with Crippen molar-refractivity contribution < 1.29 is 18.7 Å². The van der Waals surface area contributed by atoms with Crippen LogP contribution < -0.4 is 10.3 Å². The SMILES string of the molecule is CCOC(=O)c1sc(N2C(=O)c3oc4cc(C)c(C)cc4c(=O)c3C2c2cccc(Cl)c2)nc1C. The average Bonchev–Trinajstić information content (AvgIpc) is 3.33. The summed E-state index contributed by atoms with van der Waals surface area (Å²) in [6, 6.07) is 9.70. The lowest BCUT2D eigenvalue weighted by atomic mass is 9.97. The van der Waals surface area contributed by atoms with E-state index in [0.29, 0.717) is 32.1 Å². The van der Waals surface area contributed by atoms with Crippen molar-refractivity contribution in [2.24, 2.45) is 0 Å². The first-order valence-corrected chi connectivity index (χ1v) is 12.2. The molecule has 9 heteroatoms. The van der Waals surface area contributed by atoms with Crippen molar-refractivity contribution in [3.63, 3.8) is 0 Å². The topological polar surface area (TPSA) is 89.7 Å². The number of thiazole rings is 1. The van der Waals surface area contributed by atoms with E-state index in [-0.39, 0.29) is 28.5 Å². The molecule has 35 heavy (non-hydrogen) atoms. The van der Waals surface area contributed by atoms with E-state index in [4.69, 9.17) is 20.8 Å². The number of rotatable bonds is 4. The van der Waals surface area contributed by atoms with Crippen LogP contribution in [0.3, 0.4) is 0 Å². The van der Waals surface area contributed by atoms with Gasteiger partial charge in [-0.1, -0.05) is 35.1 Å². The summed E-state index contributed by atoms with van der Waals surface area (Å²) in [7, 11) is 0. The number of hydrogen-bond donors (Lipinski definition) is 0. The molecule has 178 valence electrons. The maximum absolute atomic E-state index is 13.8. The Hall–Kier alpha value is -3.49. The van der Waals surface area contributed by atoms with Gasteiger partial charge in [0.25, 0.3) is 5.91 Å². The molecule has 1 atom stereocenters. The van der Waals surface area contributed by atoms with Gasteiger partial charge < -0.3 is 9.15 Å². The number of aryl methyl sites for hydroxylation is 3. The zero-order valence-electron chi connectivity index (χ0n) is 19.5. The third kappa shape index (κ3) is 3.73. The van der Waals surface area contributed by atoms with Crippen LogP contribution in [0.5, 0.6) is 0 Å². The van der Waals surface area contributed by atoms with Crippen LogP contribution in [0.1, 0.15) is 61.1 Å². The number of amides is 1. The van der Waals surface area contributed by atoms with Gasteiger partial charge in [0.1, 0.15) is 10.5 Å². The number of ether oxygens (including phenoxy) is 1.